The molecule has 5 rings (SSSR count). The van der Waals surface area contributed by atoms with E-state index in [2.05, 4.69) is 20.5 Å². The van der Waals surface area contributed by atoms with E-state index in [1.165, 1.54) is 11.3 Å². The number of rotatable bonds is 5. The fourth-order valence-electron chi connectivity index (χ4n) is 2.98. The largest absolute Gasteiger partial charge is 0.314 e. The lowest BCUT2D eigenvalue weighted by Gasteiger charge is -2.09. The zero-order valence-corrected chi connectivity index (χ0v) is 16.6. The second-order valence-corrected chi connectivity index (χ2v) is 7.30. The van der Waals surface area contributed by atoms with Crippen LogP contribution in [0.15, 0.2) is 90.4 Å². The summed E-state index contributed by atoms with van der Waals surface area (Å²) in [4.78, 5) is 13.8. The first-order chi connectivity index (χ1) is 14.9. The van der Waals surface area contributed by atoms with E-state index in [-0.39, 0.29) is 0 Å². The van der Waals surface area contributed by atoms with Gasteiger partial charge in [-0.15, -0.1) is 21.5 Å². The van der Waals surface area contributed by atoms with Gasteiger partial charge in [0.15, 0.2) is 10.9 Å². The van der Waals surface area contributed by atoms with Crippen LogP contribution in [0.5, 0.6) is 0 Å². The molecule has 0 atom stereocenters. The molecule has 0 fully saturated rings. The molecule has 1 N–H and O–H groups in total. The van der Waals surface area contributed by atoms with Crippen LogP contribution in [-0.2, 0) is 0 Å². The first-order valence-corrected chi connectivity index (χ1v) is 10.2. The minimum Gasteiger partial charge on any atom is -0.314 e. The van der Waals surface area contributed by atoms with Gasteiger partial charge in [0.1, 0.15) is 11.4 Å². The van der Waals surface area contributed by atoms with Crippen molar-refractivity contribution in [2.75, 3.05) is 5.32 Å². The van der Waals surface area contributed by atoms with Crippen molar-refractivity contribution in [1.29, 1.82) is 0 Å². The summed E-state index contributed by atoms with van der Waals surface area (Å²) in [7, 11) is 0. The van der Waals surface area contributed by atoms with Gasteiger partial charge in [-0.1, -0.05) is 66.7 Å². The number of thiazole rings is 1. The summed E-state index contributed by atoms with van der Waals surface area (Å²) < 4.78 is 0. The third kappa shape index (κ3) is 3.78. The van der Waals surface area contributed by atoms with E-state index in [1.54, 1.807) is 6.20 Å². The Morgan fingerprint density at radius 3 is 2.13 bits per heavy atom. The van der Waals surface area contributed by atoms with Gasteiger partial charge in [0.25, 0.3) is 0 Å². The molecule has 0 aliphatic rings. The van der Waals surface area contributed by atoms with Crippen LogP contribution >= 0.6 is 11.3 Å². The second kappa shape index (κ2) is 8.18. The molecule has 0 aliphatic carbocycles. The summed E-state index contributed by atoms with van der Waals surface area (Å²) in [6.07, 6.45) is 1.71. The van der Waals surface area contributed by atoms with Gasteiger partial charge in [0, 0.05) is 22.7 Å². The van der Waals surface area contributed by atoms with Crippen molar-refractivity contribution >= 4 is 22.3 Å². The zero-order chi connectivity index (χ0) is 20.2. The lowest BCUT2D eigenvalue weighted by molar-refractivity contribution is 0.980. The average Bonchev–Trinajstić information content (AvgIpc) is 3.29. The van der Waals surface area contributed by atoms with Crippen molar-refractivity contribution in [2.24, 2.45) is 0 Å². The number of nitrogens with zero attached hydrogens (tertiary/aromatic N) is 5. The van der Waals surface area contributed by atoms with Gasteiger partial charge in [-0.3, -0.25) is 4.98 Å². The number of hydrogen-bond donors (Lipinski definition) is 1. The third-order valence-electron chi connectivity index (χ3n) is 4.43. The monoisotopic (exact) mass is 408 g/mol. The van der Waals surface area contributed by atoms with Crippen LogP contribution in [0.1, 0.15) is 0 Å². The summed E-state index contributed by atoms with van der Waals surface area (Å²) >= 11 is 1.52. The summed E-state index contributed by atoms with van der Waals surface area (Å²) in [6.45, 7) is 0. The van der Waals surface area contributed by atoms with Crippen molar-refractivity contribution in [3.05, 3.63) is 90.4 Å². The lowest BCUT2D eigenvalue weighted by atomic mass is 10.1. The molecule has 6 nitrogen and oxygen atoms in total. The van der Waals surface area contributed by atoms with Gasteiger partial charge in [-0.2, -0.15) is 0 Å². The normalized spacial score (nSPS) is 10.7. The molecule has 0 aliphatic heterocycles. The van der Waals surface area contributed by atoms with Crippen LogP contribution in [0.2, 0.25) is 0 Å². The average molecular weight is 408 g/mol. The maximum atomic E-state index is 4.72. The Hall–Kier alpha value is -3.97. The molecule has 0 saturated carbocycles. The first-order valence-electron chi connectivity index (χ1n) is 9.36. The van der Waals surface area contributed by atoms with E-state index in [1.807, 2.05) is 84.2 Å². The van der Waals surface area contributed by atoms with Gasteiger partial charge < -0.3 is 5.32 Å². The van der Waals surface area contributed by atoms with Crippen LogP contribution in [0, 0.1) is 0 Å². The fourth-order valence-corrected chi connectivity index (χ4v) is 3.70. The van der Waals surface area contributed by atoms with Crippen LogP contribution in [-0.4, -0.2) is 25.1 Å². The van der Waals surface area contributed by atoms with Crippen LogP contribution in [0.3, 0.4) is 0 Å². The van der Waals surface area contributed by atoms with Gasteiger partial charge in [-0.05, 0) is 12.1 Å². The molecule has 0 amide bonds. The van der Waals surface area contributed by atoms with Gasteiger partial charge in [0.2, 0.25) is 5.82 Å². The molecule has 0 spiro atoms. The molecule has 0 unspecified atom stereocenters. The SMILES string of the molecule is c1ccc(-c2csc(Nc3nc(-c4ccccn4)nnc3-c3ccccc3)n2)cc1. The Morgan fingerprint density at radius 2 is 1.40 bits per heavy atom. The first kappa shape index (κ1) is 18.1. The second-order valence-electron chi connectivity index (χ2n) is 6.44. The molecule has 30 heavy (non-hydrogen) atoms. The van der Waals surface area contributed by atoms with Crippen molar-refractivity contribution < 1.29 is 0 Å². The Bertz CT molecular complexity index is 1260. The number of hydrogen-bond acceptors (Lipinski definition) is 7. The third-order valence-corrected chi connectivity index (χ3v) is 5.18. The Kier molecular flexibility index (Phi) is 4.93. The van der Waals surface area contributed by atoms with Crippen LogP contribution < -0.4 is 5.32 Å². The predicted octanol–water partition coefficient (Wildman–Crippen LogP) is 5.47. The Morgan fingerprint density at radius 1 is 0.667 bits per heavy atom. The number of pyridine rings is 1. The minimum absolute atomic E-state index is 0.456. The van der Waals surface area contributed by atoms with Crippen molar-refractivity contribution in [2.45, 2.75) is 0 Å². The number of nitrogens with one attached hydrogen (secondary N) is 1. The molecule has 7 heteroatoms. The fraction of sp³-hybridized carbons (Fsp3) is 0. The molecule has 144 valence electrons. The highest BCUT2D eigenvalue weighted by Gasteiger charge is 2.15. The van der Waals surface area contributed by atoms with Crippen LogP contribution in [0.25, 0.3) is 34.0 Å². The van der Waals surface area contributed by atoms with Crippen molar-refractivity contribution in [3.8, 4) is 34.0 Å². The van der Waals surface area contributed by atoms with E-state index in [0.717, 1.165) is 22.0 Å². The molecule has 0 radical (unpaired) electrons. The topological polar surface area (TPSA) is 76.5 Å². The molecule has 2 aromatic carbocycles. The molecule has 3 aromatic heterocycles. The quantitative estimate of drug-likeness (QED) is 0.416. The molecule has 0 saturated heterocycles. The smallest absolute Gasteiger partial charge is 0.202 e. The number of benzene rings is 2. The van der Waals surface area contributed by atoms with E-state index >= 15 is 0 Å². The highest BCUT2D eigenvalue weighted by molar-refractivity contribution is 7.14. The standard InChI is InChI=1S/C23H16N6S/c1-3-9-16(10-4-1)19-15-30-23(25-19)27-22-20(17-11-5-2-6-12-17)28-29-21(26-22)18-13-7-8-14-24-18/h1-15H,(H,25,26,27,29). The summed E-state index contributed by atoms with van der Waals surface area (Å²) in [5.41, 5.74) is 4.23. The molecular formula is C23H16N6S. The molecule has 3 heterocycles. The van der Waals surface area contributed by atoms with Gasteiger partial charge in [0.05, 0.1) is 5.69 Å². The van der Waals surface area contributed by atoms with Crippen molar-refractivity contribution in [3.63, 3.8) is 0 Å². The molecule has 5 aromatic rings. The van der Waals surface area contributed by atoms with E-state index < -0.39 is 0 Å². The molecule has 0 bridgehead atoms. The van der Waals surface area contributed by atoms with E-state index in [0.29, 0.717) is 23.0 Å². The highest BCUT2D eigenvalue weighted by atomic mass is 32.1. The Balaban J connectivity index is 1.54. The predicted molar refractivity (Wildman–Crippen MR) is 119 cm³/mol. The van der Waals surface area contributed by atoms with Crippen molar-refractivity contribution in [1.82, 2.24) is 25.1 Å². The highest BCUT2D eigenvalue weighted by Crippen LogP contribution is 2.31. The summed E-state index contributed by atoms with van der Waals surface area (Å²) in [6, 6.07) is 25.5. The maximum Gasteiger partial charge on any atom is 0.202 e. The lowest BCUT2D eigenvalue weighted by Crippen LogP contribution is -2.03. The van der Waals surface area contributed by atoms with Crippen LogP contribution in [0.4, 0.5) is 10.9 Å². The maximum absolute atomic E-state index is 4.72. The van der Waals surface area contributed by atoms with E-state index in [9.17, 15) is 0 Å². The Labute approximate surface area is 177 Å². The number of aromatic nitrogens is 5. The number of anilines is 2. The van der Waals surface area contributed by atoms with Gasteiger partial charge >= 0.3 is 0 Å². The summed E-state index contributed by atoms with van der Waals surface area (Å²) in [5.74, 6) is 1.04. The van der Waals surface area contributed by atoms with Gasteiger partial charge in [-0.25, -0.2) is 9.97 Å². The van der Waals surface area contributed by atoms with E-state index in [4.69, 9.17) is 9.97 Å². The molecular weight excluding hydrogens is 392 g/mol. The zero-order valence-electron chi connectivity index (χ0n) is 15.8. The summed E-state index contributed by atoms with van der Waals surface area (Å²) in [5, 5.41) is 14.8. The minimum atomic E-state index is 0.456.